The minimum absolute atomic E-state index is 0.130. The fourth-order valence-corrected chi connectivity index (χ4v) is 0.375. The molecule has 0 fully saturated rings. The number of carbonyl (C=O) groups is 2. The van der Waals surface area contributed by atoms with Gasteiger partial charge in [0, 0.05) is 0 Å². The van der Waals surface area contributed by atoms with E-state index < -0.39 is 5.97 Å². The van der Waals surface area contributed by atoms with Gasteiger partial charge in [0.15, 0.2) is 5.78 Å². The maximum Gasteiger partial charge on any atom is 0.313 e. The summed E-state index contributed by atoms with van der Waals surface area (Å²) in [6.45, 7) is 4.25. The lowest BCUT2D eigenvalue weighted by Crippen LogP contribution is -2.09. The van der Waals surface area contributed by atoms with E-state index >= 15 is 0 Å². The first-order valence-corrected chi connectivity index (χ1v) is 4.30. The molecule has 0 saturated heterocycles. The molecule has 0 bridgehead atoms. The zero-order valence-electron chi connectivity index (χ0n) is 7.72. The van der Waals surface area contributed by atoms with Gasteiger partial charge in [0.05, 0.1) is 13.0 Å². The van der Waals surface area contributed by atoms with E-state index in [2.05, 4.69) is 18.6 Å². The molecule has 0 radical (unpaired) electrons. The topological polar surface area (TPSA) is 43.4 Å². The third-order valence-electron chi connectivity index (χ3n) is 0.718. The van der Waals surface area contributed by atoms with E-state index in [1.165, 1.54) is 13.5 Å². The second kappa shape index (κ2) is 10.4. The smallest absolute Gasteiger partial charge is 0.313 e. The van der Waals surface area contributed by atoms with Crippen molar-refractivity contribution in [2.75, 3.05) is 13.0 Å². The van der Waals surface area contributed by atoms with Crippen LogP contribution in [-0.2, 0) is 14.3 Å². The van der Waals surface area contributed by atoms with E-state index in [4.69, 9.17) is 11.6 Å². The Morgan fingerprint density at radius 2 is 1.75 bits per heavy atom. The number of esters is 1. The van der Waals surface area contributed by atoms with Crippen molar-refractivity contribution in [2.45, 2.75) is 26.7 Å². The Morgan fingerprint density at radius 3 is 2.00 bits per heavy atom. The molecule has 0 rings (SSSR count). The van der Waals surface area contributed by atoms with Crippen LogP contribution >= 0.6 is 11.6 Å². The van der Waals surface area contributed by atoms with Crippen LogP contribution in [0.5, 0.6) is 0 Å². The van der Waals surface area contributed by atoms with E-state index in [1.807, 2.05) is 0 Å². The molecule has 0 aliphatic carbocycles. The normalized spacial score (nSPS) is 8.00. The Balaban J connectivity index is 0. The lowest BCUT2D eigenvalue weighted by molar-refractivity contribution is -0.142. The van der Waals surface area contributed by atoms with E-state index in [-0.39, 0.29) is 18.1 Å². The van der Waals surface area contributed by atoms with Crippen LogP contribution in [-0.4, -0.2) is 24.7 Å². The summed E-state index contributed by atoms with van der Waals surface area (Å²) in [6, 6.07) is 0. The molecule has 4 heteroatoms. The number of carbonyl (C=O) groups excluding carboxylic acids is 2. The zero-order valence-corrected chi connectivity index (χ0v) is 8.48. The largest absolute Gasteiger partial charge is 0.469 e. The monoisotopic (exact) mass is 194 g/mol. The minimum Gasteiger partial charge on any atom is -0.469 e. The maximum atomic E-state index is 10.3. The van der Waals surface area contributed by atoms with Gasteiger partial charge in [-0.15, -0.1) is 11.6 Å². The van der Waals surface area contributed by atoms with E-state index in [1.54, 1.807) is 0 Å². The summed E-state index contributed by atoms with van der Waals surface area (Å²) < 4.78 is 4.20. The molecule has 3 nitrogen and oxygen atoms in total. The Bertz CT molecular complexity index is 120. The van der Waals surface area contributed by atoms with Crippen LogP contribution in [0.4, 0.5) is 0 Å². The molecule has 0 aliphatic heterocycles. The minimum atomic E-state index is -0.541. The quantitative estimate of drug-likeness (QED) is 0.391. The molecule has 72 valence electrons. The third-order valence-corrected chi connectivity index (χ3v) is 1.02. The fraction of sp³-hybridized carbons (Fsp3) is 0.750. The Hall–Kier alpha value is -0.570. The lowest BCUT2D eigenvalue weighted by Gasteiger charge is -1.93. The highest BCUT2D eigenvalue weighted by molar-refractivity contribution is 6.28. The van der Waals surface area contributed by atoms with Gasteiger partial charge in [-0.25, -0.2) is 0 Å². The predicted molar refractivity (Wildman–Crippen MR) is 48.3 cm³/mol. The van der Waals surface area contributed by atoms with Crippen LogP contribution in [0.1, 0.15) is 26.7 Å². The van der Waals surface area contributed by atoms with Crippen molar-refractivity contribution in [1.82, 2.24) is 0 Å². The molecule has 0 spiro atoms. The Morgan fingerprint density at radius 1 is 1.33 bits per heavy atom. The maximum absolute atomic E-state index is 10.3. The number of Topliss-reactive ketones (excluding diaryl/α,β-unsaturated/α-hetero) is 1. The molecular weight excluding hydrogens is 180 g/mol. The molecular formula is C8H15ClO3. The van der Waals surface area contributed by atoms with Crippen LogP contribution in [0.15, 0.2) is 0 Å². The van der Waals surface area contributed by atoms with Crippen LogP contribution in [0.25, 0.3) is 0 Å². The molecule has 0 aromatic carbocycles. The molecule has 0 saturated carbocycles. The SMILES string of the molecule is CCC.COC(=O)CC(=O)CCl. The molecule has 0 heterocycles. The van der Waals surface area contributed by atoms with Gasteiger partial charge in [-0.2, -0.15) is 0 Å². The molecule has 0 unspecified atom stereocenters. The number of rotatable bonds is 3. The van der Waals surface area contributed by atoms with Crippen molar-refractivity contribution in [3.05, 3.63) is 0 Å². The highest BCUT2D eigenvalue weighted by Crippen LogP contribution is 1.88. The number of hydrogen-bond donors (Lipinski definition) is 0. The molecule has 0 amide bonds. The molecule has 0 aliphatic rings. The molecule has 0 atom stereocenters. The summed E-state index contributed by atoms with van der Waals surface area (Å²) in [6.07, 6.45) is 1.03. The third kappa shape index (κ3) is 12.1. The van der Waals surface area contributed by atoms with Gasteiger partial charge in [0.25, 0.3) is 0 Å². The average Bonchev–Trinajstić information content (AvgIpc) is 2.05. The number of halogens is 1. The number of methoxy groups -OCH3 is 1. The number of ether oxygens (including phenoxy) is 1. The number of alkyl halides is 1. The summed E-state index contributed by atoms with van der Waals surface area (Å²) in [4.78, 5) is 20.6. The van der Waals surface area contributed by atoms with Gasteiger partial charge >= 0.3 is 5.97 Å². The van der Waals surface area contributed by atoms with Crippen LogP contribution < -0.4 is 0 Å². The van der Waals surface area contributed by atoms with E-state index in [9.17, 15) is 9.59 Å². The van der Waals surface area contributed by atoms with Gasteiger partial charge in [-0.1, -0.05) is 20.3 Å². The van der Waals surface area contributed by atoms with Crippen molar-refractivity contribution in [1.29, 1.82) is 0 Å². The zero-order chi connectivity index (χ0) is 9.98. The number of hydrogen-bond acceptors (Lipinski definition) is 3. The molecule has 0 N–H and O–H groups in total. The predicted octanol–water partition coefficient (Wildman–Crippen LogP) is 1.77. The Kier molecular flexibility index (Phi) is 12.2. The first-order valence-electron chi connectivity index (χ1n) is 3.76. The highest BCUT2D eigenvalue weighted by Gasteiger charge is 2.06. The fourth-order valence-electron chi connectivity index (χ4n) is 0.280. The first-order chi connectivity index (χ1) is 5.62. The molecule has 0 aromatic rings. The summed E-state index contributed by atoms with van der Waals surface area (Å²) in [5.74, 6) is -0.987. The van der Waals surface area contributed by atoms with Gasteiger partial charge in [-0.3, -0.25) is 9.59 Å². The average molecular weight is 195 g/mol. The van der Waals surface area contributed by atoms with Crippen molar-refractivity contribution in [3.8, 4) is 0 Å². The van der Waals surface area contributed by atoms with Gasteiger partial charge in [0.2, 0.25) is 0 Å². The van der Waals surface area contributed by atoms with Crippen LogP contribution in [0.2, 0.25) is 0 Å². The summed E-state index contributed by atoms with van der Waals surface area (Å²) in [5.41, 5.74) is 0. The first kappa shape index (κ1) is 14.0. The molecule has 12 heavy (non-hydrogen) atoms. The van der Waals surface area contributed by atoms with Crippen molar-refractivity contribution in [2.24, 2.45) is 0 Å². The second-order valence-corrected chi connectivity index (χ2v) is 2.40. The summed E-state index contributed by atoms with van der Waals surface area (Å²) in [5, 5.41) is 0. The molecule has 0 aromatic heterocycles. The van der Waals surface area contributed by atoms with Crippen molar-refractivity contribution in [3.63, 3.8) is 0 Å². The standard InChI is InChI=1S/C5H7ClO3.C3H8/c1-9-5(8)2-4(7)3-6;1-3-2/h2-3H2,1H3;3H2,1-2H3. The van der Waals surface area contributed by atoms with Gasteiger partial charge < -0.3 is 4.74 Å². The second-order valence-electron chi connectivity index (χ2n) is 2.13. The van der Waals surface area contributed by atoms with E-state index in [0.717, 1.165) is 0 Å². The summed E-state index contributed by atoms with van der Waals surface area (Å²) in [7, 11) is 1.23. The van der Waals surface area contributed by atoms with E-state index in [0.29, 0.717) is 0 Å². The van der Waals surface area contributed by atoms with Crippen molar-refractivity contribution >= 4 is 23.4 Å². The summed E-state index contributed by atoms with van der Waals surface area (Å²) >= 11 is 5.10. The van der Waals surface area contributed by atoms with Crippen LogP contribution in [0.3, 0.4) is 0 Å². The van der Waals surface area contributed by atoms with Gasteiger partial charge in [-0.05, 0) is 0 Å². The number of ketones is 1. The highest BCUT2D eigenvalue weighted by atomic mass is 35.5. The van der Waals surface area contributed by atoms with Gasteiger partial charge in [0.1, 0.15) is 6.42 Å². The Labute approximate surface area is 78.0 Å². The lowest BCUT2D eigenvalue weighted by atomic mass is 10.3. The van der Waals surface area contributed by atoms with Crippen LogP contribution in [0, 0.1) is 0 Å². The van der Waals surface area contributed by atoms with Crippen molar-refractivity contribution < 1.29 is 14.3 Å².